The van der Waals surface area contributed by atoms with Gasteiger partial charge in [-0.2, -0.15) is 0 Å². The molecule has 0 aromatic heterocycles. The van der Waals surface area contributed by atoms with Crippen molar-refractivity contribution in [1.29, 1.82) is 0 Å². The van der Waals surface area contributed by atoms with Gasteiger partial charge in [0.1, 0.15) is 11.0 Å². The van der Waals surface area contributed by atoms with Crippen molar-refractivity contribution in [3.05, 3.63) is 71.8 Å². The third kappa shape index (κ3) is 6.07. The molecule has 2 rings (SSSR count). The second kappa shape index (κ2) is 9.91. The maximum absolute atomic E-state index is 12.7. The monoisotopic (exact) mass is 411 g/mol. The lowest BCUT2D eigenvalue weighted by Crippen LogP contribution is -2.46. The number of ether oxygens (including phenoxy) is 1. The number of amides is 3. The molecule has 0 spiro atoms. The van der Waals surface area contributed by atoms with Crippen LogP contribution in [-0.2, 0) is 19.7 Å². The van der Waals surface area contributed by atoms with Gasteiger partial charge in [0, 0.05) is 6.54 Å². The van der Waals surface area contributed by atoms with Crippen LogP contribution in [0.25, 0.3) is 0 Å². The third-order valence-electron chi connectivity index (χ3n) is 4.57. The molecule has 2 aromatic rings. The summed E-state index contributed by atoms with van der Waals surface area (Å²) in [5, 5.41) is 5.14. The van der Waals surface area contributed by atoms with Crippen molar-refractivity contribution in [1.82, 2.24) is 10.6 Å². The zero-order valence-corrected chi connectivity index (χ0v) is 17.6. The molecule has 4 N–H and O–H groups in total. The van der Waals surface area contributed by atoms with Gasteiger partial charge in [0.2, 0.25) is 11.8 Å². The van der Waals surface area contributed by atoms with Crippen LogP contribution in [0.15, 0.2) is 60.7 Å². The summed E-state index contributed by atoms with van der Waals surface area (Å²) in [4.78, 5) is 36.5. The van der Waals surface area contributed by atoms with Crippen LogP contribution in [0.1, 0.15) is 38.3 Å². The summed E-state index contributed by atoms with van der Waals surface area (Å²) in [6.45, 7) is 5.19. The van der Waals surface area contributed by atoms with Crippen molar-refractivity contribution < 1.29 is 19.1 Å². The van der Waals surface area contributed by atoms with Crippen LogP contribution >= 0.6 is 0 Å². The van der Waals surface area contributed by atoms with Gasteiger partial charge in [-0.3, -0.25) is 9.59 Å². The summed E-state index contributed by atoms with van der Waals surface area (Å²) < 4.78 is 5.10. The molecule has 7 heteroatoms. The van der Waals surface area contributed by atoms with Crippen LogP contribution < -0.4 is 16.4 Å². The van der Waals surface area contributed by atoms with Gasteiger partial charge in [0.15, 0.2) is 0 Å². The third-order valence-corrected chi connectivity index (χ3v) is 4.57. The van der Waals surface area contributed by atoms with E-state index in [4.69, 9.17) is 10.5 Å². The maximum Gasteiger partial charge on any atom is 0.408 e. The zero-order valence-electron chi connectivity index (χ0n) is 17.6. The van der Waals surface area contributed by atoms with Crippen LogP contribution in [0.5, 0.6) is 0 Å². The molecule has 3 amide bonds. The number of benzene rings is 2. The molecule has 0 radical (unpaired) electrons. The Morgan fingerprint density at radius 2 is 1.37 bits per heavy atom. The van der Waals surface area contributed by atoms with Crippen molar-refractivity contribution >= 4 is 17.9 Å². The van der Waals surface area contributed by atoms with E-state index >= 15 is 0 Å². The molecule has 0 saturated heterocycles. The summed E-state index contributed by atoms with van der Waals surface area (Å²) >= 11 is 0. The van der Waals surface area contributed by atoms with E-state index in [1.165, 1.54) is 0 Å². The Kier molecular flexibility index (Phi) is 7.58. The van der Waals surface area contributed by atoms with Crippen molar-refractivity contribution in [2.75, 3.05) is 13.1 Å². The van der Waals surface area contributed by atoms with Gasteiger partial charge in [-0.15, -0.1) is 0 Å². The standard InChI is InChI=1S/C23H29N3O4/c1-22(2,3)30-21(29)26-16-19(27)25-15-14-23(20(24)28,17-10-6-4-7-11-17)18-12-8-5-9-13-18/h4-13H,14-16H2,1-3H3,(H2,24,28)(H,25,27)(H,26,29). The molecule has 2 aromatic carbocycles. The largest absolute Gasteiger partial charge is 0.444 e. The quantitative estimate of drug-likeness (QED) is 0.620. The molecular formula is C23H29N3O4. The van der Waals surface area contributed by atoms with E-state index in [9.17, 15) is 14.4 Å². The topological polar surface area (TPSA) is 111 Å². The molecule has 0 unspecified atom stereocenters. The Morgan fingerprint density at radius 3 is 1.80 bits per heavy atom. The zero-order chi connectivity index (χ0) is 22.2. The first-order valence-corrected chi connectivity index (χ1v) is 9.79. The average Bonchev–Trinajstić information content (AvgIpc) is 2.69. The maximum atomic E-state index is 12.7. The molecule has 160 valence electrons. The van der Waals surface area contributed by atoms with Gasteiger partial charge in [-0.1, -0.05) is 60.7 Å². The van der Waals surface area contributed by atoms with E-state index in [-0.39, 0.29) is 25.4 Å². The highest BCUT2D eigenvalue weighted by Gasteiger charge is 2.40. The van der Waals surface area contributed by atoms with E-state index in [1.807, 2.05) is 60.7 Å². The number of nitrogens with two attached hydrogens (primary N) is 1. The minimum atomic E-state index is -1.09. The molecule has 0 saturated carbocycles. The van der Waals surface area contributed by atoms with E-state index in [0.29, 0.717) is 0 Å². The Morgan fingerprint density at radius 1 is 0.867 bits per heavy atom. The number of hydrogen-bond donors (Lipinski definition) is 3. The number of rotatable bonds is 8. The number of alkyl carbamates (subject to hydrolysis) is 1. The van der Waals surface area contributed by atoms with E-state index in [2.05, 4.69) is 10.6 Å². The van der Waals surface area contributed by atoms with Crippen LogP contribution in [-0.4, -0.2) is 36.6 Å². The lowest BCUT2D eigenvalue weighted by molar-refractivity contribution is -0.123. The van der Waals surface area contributed by atoms with E-state index < -0.39 is 23.0 Å². The minimum Gasteiger partial charge on any atom is -0.444 e. The molecule has 0 bridgehead atoms. The molecule has 7 nitrogen and oxygen atoms in total. The van der Waals surface area contributed by atoms with Crippen molar-refractivity contribution in [3.8, 4) is 0 Å². The minimum absolute atomic E-state index is 0.196. The highest BCUT2D eigenvalue weighted by atomic mass is 16.6. The number of carbonyl (C=O) groups excluding carboxylic acids is 3. The lowest BCUT2D eigenvalue weighted by atomic mass is 9.71. The molecule has 0 aliphatic carbocycles. The summed E-state index contributed by atoms with van der Waals surface area (Å²) in [5.74, 6) is -0.888. The van der Waals surface area contributed by atoms with Gasteiger partial charge in [0.25, 0.3) is 0 Å². The fraction of sp³-hybridized carbons (Fsp3) is 0.348. The van der Waals surface area contributed by atoms with Gasteiger partial charge in [-0.05, 0) is 38.3 Å². The Bertz CT molecular complexity index is 822. The average molecular weight is 412 g/mol. The van der Waals surface area contributed by atoms with Gasteiger partial charge in [-0.25, -0.2) is 4.79 Å². The predicted octanol–water partition coefficient (Wildman–Crippen LogP) is 2.49. The van der Waals surface area contributed by atoms with Gasteiger partial charge in [0.05, 0.1) is 6.54 Å². The van der Waals surface area contributed by atoms with E-state index in [1.54, 1.807) is 20.8 Å². The van der Waals surface area contributed by atoms with Crippen LogP contribution in [0.4, 0.5) is 4.79 Å². The molecular weight excluding hydrogens is 382 g/mol. The summed E-state index contributed by atoms with van der Waals surface area (Å²) in [7, 11) is 0. The smallest absolute Gasteiger partial charge is 0.408 e. The van der Waals surface area contributed by atoms with Crippen LogP contribution in [0.2, 0.25) is 0 Å². The fourth-order valence-electron chi connectivity index (χ4n) is 3.23. The highest BCUT2D eigenvalue weighted by molar-refractivity contribution is 5.91. The summed E-state index contributed by atoms with van der Waals surface area (Å²) in [6, 6.07) is 18.5. The number of nitrogens with one attached hydrogen (secondary N) is 2. The van der Waals surface area contributed by atoms with Crippen molar-refractivity contribution in [3.63, 3.8) is 0 Å². The molecule has 0 heterocycles. The second-order valence-corrected chi connectivity index (χ2v) is 7.96. The first-order valence-electron chi connectivity index (χ1n) is 9.79. The molecule has 30 heavy (non-hydrogen) atoms. The molecule has 0 aliphatic heterocycles. The molecule has 0 aliphatic rings. The van der Waals surface area contributed by atoms with Gasteiger partial charge < -0.3 is 21.1 Å². The van der Waals surface area contributed by atoms with Crippen molar-refractivity contribution in [2.24, 2.45) is 5.73 Å². The normalized spacial score (nSPS) is 11.4. The fourth-order valence-corrected chi connectivity index (χ4v) is 3.23. The highest BCUT2D eigenvalue weighted by Crippen LogP contribution is 2.35. The van der Waals surface area contributed by atoms with Crippen LogP contribution in [0, 0.1) is 0 Å². The van der Waals surface area contributed by atoms with Gasteiger partial charge >= 0.3 is 6.09 Å². The number of primary amides is 1. The molecule has 0 atom stereocenters. The number of carbonyl (C=O) groups is 3. The number of hydrogen-bond acceptors (Lipinski definition) is 4. The van der Waals surface area contributed by atoms with Crippen molar-refractivity contribution in [2.45, 2.75) is 38.2 Å². The first kappa shape index (κ1) is 22.9. The lowest BCUT2D eigenvalue weighted by Gasteiger charge is -2.32. The Balaban J connectivity index is 2.08. The van der Waals surface area contributed by atoms with Crippen LogP contribution in [0.3, 0.4) is 0 Å². The second-order valence-electron chi connectivity index (χ2n) is 7.96. The summed E-state index contributed by atoms with van der Waals surface area (Å²) in [6.07, 6.45) is -0.396. The SMILES string of the molecule is CC(C)(C)OC(=O)NCC(=O)NCCC(C(N)=O)(c1ccccc1)c1ccccc1. The predicted molar refractivity (Wildman–Crippen MR) is 115 cm³/mol. The molecule has 0 fully saturated rings. The Hall–Kier alpha value is -3.35. The Labute approximate surface area is 177 Å². The summed E-state index contributed by atoms with van der Waals surface area (Å²) in [5.41, 5.74) is 5.66. The van der Waals surface area contributed by atoms with E-state index in [0.717, 1.165) is 11.1 Å². The first-order chi connectivity index (χ1) is 14.1.